The summed E-state index contributed by atoms with van der Waals surface area (Å²) in [6, 6.07) is 0. The quantitative estimate of drug-likeness (QED) is 0.0759. The molecule has 2 nitrogen and oxygen atoms in total. The molecule has 0 atom stereocenters. The van der Waals surface area contributed by atoms with Gasteiger partial charge in [-0.25, -0.2) is 0 Å². The second-order valence-electron chi connectivity index (χ2n) is 11.9. The van der Waals surface area contributed by atoms with E-state index in [0.717, 1.165) is 13.0 Å². The fraction of sp³-hybridized carbons (Fsp3) is 0.897. The Kier molecular flexibility index (Phi) is 18.8. The van der Waals surface area contributed by atoms with E-state index in [1.54, 1.807) is 0 Å². The van der Waals surface area contributed by atoms with Crippen molar-refractivity contribution in [2.24, 2.45) is 0 Å². The molecule has 0 saturated carbocycles. The topological polar surface area (TPSA) is 26.3 Å². The number of carbonyl (C=O) groups is 1. The molecule has 0 rings (SSSR count). The van der Waals surface area contributed by atoms with Gasteiger partial charge in [0, 0.05) is 0 Å². The van der Waals surface area contributed by atoms with Crippen molar-refractivity contribution in [3.8, 4) is 0 Å². The molecule has 0 heterocycles. The molecule has 4 heteroatoms. The van der Waals surface area contributed by atoms with Crippen LogP contribution < -0.4 is 0 Å². The molecule has 196 valence electrons. The van der Waals surface area contributed by atoms with Crippen LogP contribution in [0.5, 0.6) is 0 Å². The molecule has 0 saturated heterocycles. The maximum atomic E-state index is 13.3. The summed E-state index contributed by atoms with van der Waals surface area (Å²) < 4.78 is 10.8. The van der Waals surface area contributed by atoms with Crippen molar-refractivity contribution in [3.63, 3.8) is 0 Å². The van der Waals surface area contributed by atoms with Crippen molar-refractivity contribution in [3.05, 3.63) is 12.2 Å². The summed E-state index contributed by atoms with van der Waals surface area (Å²) in [7, 11) is -1.57. The Morgan fingerprint density at radius 2 is 1.21 bits per heavy atom. The maximum absolute atomic E-state index is 13.3. The molecule has 0 spiro atoms. The summed E-state index contributed by atoms with van der Waals surface area (Å²) >= 11 is -2.70. The van der Waals surface area contributed by atoms with Gasteiger partial charge in [-0.2, -0.15) is 0 Å². The normalized spacial score (nSPS) is 13.2. The van der Waals surface area contributed by atoms with Gasteiger partial charge in [0.25, 0.3) is 0 Å². The predicted octanol–water partition coefficient (Wildman–Crippen LogP) is 10.3. The molecule has 0 aromatic rings. The SMILES string of the molecule is CCC[CH2][Sn]([CH2]CCC)([CH2]CCC)[C](=O)/C=C/CCCCCCCCO[Si](C)(C)C(C)(C)C. The molecule has 0 aliphatic carbocycles. The second-order valence-corrected chi connectivity index (χ2v) is 29.7. The zero-order valence-corrected chi connectivity index (χ0v) is 27.8. The smallest absolute Gasteiger partial charge is 0.0604 e. The first-order chi connectivity index (χ1) is 15.6. The molecule has 0 N–H and O–H groups in total. The first-order valence-corrected chi connectivity index (χ1v) is 24.8. The van der Waals surface area contributed by atoms with Crippen molar-refractivity contribution in [1.82, 2.24) is 0 Å². The van der Waals surface area contributed by atoms with Crippen molar-refractivity contribution in [2.75, 3.05) is 6.61 Å². The number of carbonyl (C=O) groups excluding carboxylic acids is 1. The average Bonchev–Trinajstić information content (AvgIpc) is 2.76. The first-order valence-electron chi connectivity index (χ1n) is 14.4. The molecule has 0 aliphatic rings. The van der Waals surface area contributed by atoms with Gasteiger partial charge in [-0.3, -0.25) is 0 Å². The van der Waals surface area contributed by atoms with Crippen molar-refractivity contribution in [2.45, 2.75) is 156 Å². The third-order valence-electron chi connectivity index (χ3n) is 7.85. The van der Waals surface area contributed by atoms with Crippen LogP contribution in [0.25, 0.3) is 0 Å². The van der Waals surface area contributed by atoms with E-state index >= 15 is 0 Å². The minimum atomic E-state index is -2.70. The molecule has 0 radical (unpaired) electrons. The molecule has 33 heavy (non-hydrogen) atoms. The molecule has 0 unspecified atom stereocenters. The number of rotatable bonds is 21. The van der Waals surface area contributed by atoms with Crippen LogP contribution in [0.15, 0.2) is 12.2 Å². The van der Waals surface area contributed by atoms with E-state index in [1.165, 1.54) is 90.4 Å². The fourth-order valence-corrected chi connectivity index (χ4v) is 19.8. The molecule has 0 aliphatic heterocycles. The number of allylic oxidation sites excluding steroid dienone is 2. The number of hydrogen-bond acceptors (Lipinski definition) is 2. The van der Waals surface area contributed by atoms with Crippen LogP contribution in [-0.2, 0) is 9.22 Å². The minimum Gasteiger partial charge on any atom is -0.0604 e. The zero-order valence-electron chi connectivity index (χ0n) is 24.0. The number of hydrogen-bond donors (Lipinski definition) is 0. The standard InChI is InChI=1S/C17H33O2Si.3C4H9.Sn/c1-17(2,3)20(4,5)19-16-14-12-10-8-6-7-9-11-13-15-18;3*1-3-4-2;/h11,13H,6-10,12,14,16H2,1-5H3;3*1,3-4H2,2H3;/b13-11+;;;;. The van der Waals surface area contributed by atoms with Gasteiger partial charge in [-0.1, -0.05) is 20.8 Å². The zero-order chi connectivity index (χ0) is 25.2. The summed E-state index contributed by atoms with van der Waals surface area (Å²) in [5.41, 5.74) is 0. The van der Waals surface area contributed by atoms with E-state index in [2.05, 4.69) is 66.8 Å². The van der Waals surface area contributed by atoms with Crippen LogP contribution in [0, 0.1) is 0 Å². The van der Waals surface area contributed by atoms with Gasteiger partial charge in [-0.15, -0.1) is 0 Å². The Bertz CT molecular complexity index is 500. The Morgan fingerprint density at radius 1 is 0.758 bits per heavy atom. The molecule has 0 amide bonds. The van der Waals surface area contributed by atoms with E-state index in [0.29, 0.717) is 8.84 Å². The van der Waals surface area contributed by atoms with Crippen molar-refractivity contribution in [1.29, 1.82) is 0 Å². The van der Waals surface area contributed by atoms with Gasteiger partial charge in [0.2, 0.25) is 0 Å². The van der Waals surface area contributed by atoms with E-state index in [9.17, 15) is 4.79 Å². The van der Waals surface area contributed by atoms with Crippen LogP contribution in [-0.4, -0.2) is 37.1 Å². The van der Waals surface area contributed by atoms with Crippen LogP contribution in [0.1, 0.15) is 125 Å². The molecular formula is C29H60O2SiSn. The summed E-state index contributed by atoms with van der Waals surface area (Å²) in [4.78, 5) is 13.3. The number of unbranched alkanes of at least 4 members (excludes halogenated alkanes) is 9. The summed E-state index contributed by atoms with van der Waals surface area (Å²) in [5.74, 6) is 0. The molecule has 0 bridgehead atoms. The van der Waals surface area contributed by atoms with Gasteiger partial charge in [0.15, 0.2) is 8.32 Å². The van der Waals surface area contributed by atoms with Crippen LogP contribution >= 0.6 is 0 Å². The monoisotopic (exact) mass is 588 g/mol. The molecule has 0 aromatic heterocycles. The van der Waals surface area contributed by atoms with Gasteiger partial charge in [-0.05, 0) is 18.1 Å². The Balaban J connectivity index is 4.25. The van der Waals surface area contributed by atoms with Gasteiger partial charge < -0.3 is 0 Å². The van der Waals surface area contributed by atoms with E-state index < -0.39 is 26.7 Å². The van der Waals surface area contributed by atoms with Gasteiger partial charge in [0.05, 0.1) is 0 Å². The average molecular weight is 588 g/mol. The summed E-state index contributed by atoms with van der Waals surface area (Å²) in [6.45, 7) is 19.4. The molecule has 0 fully saturated rings. The second kappa shape index (κ2) is 18.6. The summed E-state index contributed by atoms with van der Waals surface area (Å²) in [6.07, 6.45) is 20.5. The van der Waals surface area contributed by atoms with Crippen LogP contribution in [0.2, 0.25) is 31.4 Å². The predicted molar refractivity (Wildman–Crippen MR) is 155 cm³/mol. The molecule has 0 aromatic carbocycles. The van der Waals surface area contributed by atoms with E-state index in [1.807, 2.05) is 0 Å². The Morgan fingerprint density at radius 3 is 1.67 bits per heavy atom. The molecular weight excluding hydrogens is 527 g/mol. The Hall–Kier alpha value is 0.386. The van der Waals surface area contributed by atoms with Crippen LogP contribution in [0.4, 0.5) is 0 Å². The van der Waals surface area contributed by atoms with Gasteiger partial charge in [0.1, 0.15) is 0 Å². The van der Waals surface area contributed by atoms with Crippen LogP contribution in [0.3, 0.4) is 0 Å². The van der Waals surface area contributed by atoms with Crippen molar-refractivity contribution >= 4 is 30.5 Å². The van der Waals surface area contributed by atoms with E-state index in [4.69, 9.17) is 4.43 Å². The van der Waals surface area contributed by atoms with Gasteiger partial charge >= 0.3 is 168 Å². The summed E-state index contributed by atoms with van der Waals surface area (Å²) in [5, 5.41) is 0.313. The third kappa shape index (κ3) is 14.5. The minimum absolute atomic E-state index is 0.313. The fourth-order valence-electron chi connectivity index (χ4n) is 4.27. The third-order valence-corrected chi connectivity index (χ3v) is 27.1. The first kappa shape index (κ1) is 33.4. The van der Waals surface area contributed by atoms with Crippen molar-refractivity contribution < 1.29 is 9.22 Å². The van der Waals surface area contributed by atoms with E-state index in [-0.39, 0.29) is 0 Å². The Labute approximate surface area is 214 Å².